The largest absolute Gasteiger partial charge is 0.468 e. The Hall–Kier alpha value is -5.03. The number of hydrogen-bond donors (Lipinski definition) is 3. The summed E-state index contributed by atoms with van der Waals surface area (Å²) in [4.78, 5) is 59.4. The topological polar surface area (TPSA) is 136 Å². The standard InChI is InChI=1S/C42H50N7O4/c1-24(2)26(5)41(51)48-19-7-9-35(48)39-44-31-17-15-29(21-33(31)46-39)27-11-13-28(14-12-27)30-16-18-32-34(22-30)47-40(45-32)36-10-8-20-49(36)42(52)38(25(3)4)43-23-37(50)53-6/h11-18,21-22,24-26,35-36,38,43H,5,7-10,19-20,23H2,1-4,6H3,(H,44,46)(H,45,47)/t26-,35-,36-,38-/m0/s1. The normalized spacial score (nSPS) is 18.8. The minimum absolute atomic E-state index is 0.00158. The van der Waals surface area contributed by atoms with Gasteiger partial charge in [-0.1, -0.05) is 64.1 Å². The highest BCUT2D eigenvalue weighted by Crippen LogP contribution is 2.36. The number of carbonyl (C=O) groups is 3. The van der Waals surface area contributed by atoms with Crippen LogP contribution in [-0.2, 0) is 19.1 Å². The first kappa shape index (κ1) is 36.3. The van der Waals surface area contributed by atoms with Gasteiger partial charge in [-0.15, -0.1) is 0 Å². The number of H-pyrrole nitrogens is 2. The van der Waals surface area contributed by atoms with Crippen molar-refractivity contribution >= 4 is 39.9 Å². The Morgan fingerprint density at radius 2 is 1.23 bits per heavy atom. The second kappa shape index (κ2) is 15.1. The van der Waals surface area contributed by atoms with Crippen LogP contribution in [0.4, 0.5) is 0 Å². The molecule has 7 rings (SSSR count). The first-order valence-electron chi connectivity index (χ1n) is 18.9. The zero-order valence-corrected chi connectivity index (χ0v) is 31.3. The lowest BCUT2D eigenvalue weighted by Gasteiger charge is -2.30. The summed E-state index contributed by atoms with van der Waals surface area (Å²) in [6.45, 7) is 13.5. The van der Waals surface area contributed by atoms with Gasteiger partial charge in [0.25, 0.3) is 0 Å². The van der Waals surface area contributed by atoms with Crippen LogP contribution in [0.1, 0.15) is 77.1 Å². The average Bonchev–Trinajstić information content (AvgIpc) is 3.98. The maximum Gasteiger partial charge on any atom is 0.319 e. The fourth-order valence-electron chi connectivity index (χ4n) is 7.76. The van der Waals surface area contributed by atoms with Crippen LogP contribution in [0, 0.1) is 24.7 Å². The smallest absolute Gasteiger partial charge is 0.319 e. The van der Waals surface area contributed by atoms with Crippen LogP contribution in [0.2, 0.25) is 0 Å². The Balaban J connectivity index is 1.06. The van der Waals surface area contributed by atoms with Crippen LogP contribution >= 0.6 is 0 Å². The number of hydrogen-bond acceptors (Lipinski definition) is 7. The second-order valence-electron chi connectivity index (χ2n) is 15.2. The zero-order valence-electron chi connectivity index (χ0n) is 31.3. The lowest BCUT2D eigenvalue weighted by molar-refractivity contribution is -0.141. The van der Waals surface area contributed by atoms with Crippen molar-refractivity contribution in [2.75, 3.05) is 26.7 Å². The number of nitrogens with zero attached hydrogens (tertiary/aromatic N) is 4. The SMILES string of the molecule is [CH2][C@H](C(=O)N1CCC[C@H]1c1nc2cc(-c3ccc(-c4ccc5[nH]c([C@@H]6CCCN6C(=O)[C@@H](NCC(=O)OC)C(C)C)nc5c4)cc3)ccc2[nH]1)C(C)C. The highest BCUT2D eigenvalue weighted by atomic mass is 16.5. The van der Waals surface area contributed by atoms with Crippen molar-refractivity contribution in [3.8, 4) is 22.3 Å². The predicted molar refractivity (Wildman–Crippen MR) is 206 cm³/mol. The maximum absolute atomic E-state index is 13.7. The molecular formula is C42H50N7O4. The van der Waals surface area contributed by atoms with Gasteiger partial charge in [-0.05, 0) is 91.0 Å². The van der Waals surface area contributed by atoms with Crippen molar-refractivity contribution in [1.29, 1.82) is 0 Å². The second-order valence-corrected chi connectivity index (χ2v) is 15.2. The van der Waals surface area contributed by atoms with E-state index in [9.17, 15) is 14.4 Å². The van der Waals surface area contributed by atoms with E-state index in [0.29, 0.717) is 6.54 Å². The van der Waals surface area contributed by atoms with Crippen molar-refractivity contribution in [2.24, 2.45) is 17.8 Å². The molecule has 3 N–H and O–H groups in total. The minimum Gasteiger partial charge on any atom is -0.468 e. The van der Waals surface area contributed by atoms with Crippen LogP contribution in [0.25, 0.3) is 44.3 Å². The van der Waals surface area contributed by atoms with E-state index in [2.05, 4.69) is 76.8 Å². The van der Waals surface area contributed by atoms with Gasteiger partial charge in [0.1, 0.15) is 11.6 Å². The van der Waals surface area contributed by atoms with E-state index >= 15 is 0 Å². The molecule has 0 saturated carbocycles. The highest BCUT2D eigenvalue weighted by Gasteiger charge is 2.37. The molecule has 5 aromatic rings. The van der Waals surface area contributed by atoms with Gasteiger partial charge in [0, 0.05) is 19.0 Å². The number of nitrogens with one attached hydrogen (secondary N) is 3. The molecular weight excluding hydrogens is 667 g/mol. The van der Waals surface area contributed by atoms with Gasteiger partial charge in [0.2, 0.25) is 11.8 Å². The molecule has 4 atom stereocenters. The molecule has 11 heteroatoms. The van der Waals surface area contributed by atoms with Gasteiger partial charge in [-0.2, -0.15) is 0 Å². The molecule has 2 amide bonds. The number of esters is 1. The third-order valence-electron chi connectivity index (χ3n) is 11.0. The number of imidazole rings is 2. The molecule has 1 radical (unpaired) electrons. The quantitative estimate of drug-likeness (QED) is 0.125. The Bertz CT molecular complexity index is 2120. The first-order valence-corrected chi connectivity index (χ1v) is 18.9. The molecule has 2 aliphatic heterocycles. The van der Waals surface area contributed by atoms with Crippen LogP contribution in [0.15, 0.2) is 60.7 Å². The van der Waals surface area contributed by atoms with Crippen molar-refractivity contribution in [3.05, 3.63) is 79.2 Å². The monoisotopic (exact) mass is 716 g/mol. The first-order chi connectivity index (χ1) is 25.5. The van der Waals surface area contributed by atoms with Gasteiger partial charge in [-0.3, -0.25) is 19.7 Å². The van der Waals surface area contributed by atoms with E-state index in [1.807, 2.05) is 43.6 Å². The van der Waals surface area contributed by atoms with Crippen LogP contribution in [0.5, 0.6) is 0 Å². The fourth-order valence-corrected chi connectivity index (χ4v) is 7.76. The summed E-state index contributed by atoms with van der Waals surface area (Å²) in [5, 5.41) is 3.10. The summed E-state index contributed by atoms with van der Waals surface area (Å²) in [5.41, 5.74) is 7.91. The van der Waals surface area contributed by atoms with Gasteiger partial charge in [0.05, 0.1) is 53.8 Å². The van der Waals surface area contributed by atoms with Crippen molar-refractivity contribution in [2.45, 2.75) is 71.5 Å². The third kappa shape index (κ3) is 7.31. The Labute approximate surface area is 310 Å². The summed E-state index contributed by atoms with van der Waals surface area (Å²) >= 11 is 0. The van der Waals surface area contributed by atoms with Gasteiger partial charge in [0.15, 0.2) is 0 Å². The van der Waals surface area contributed by atoms with E-state index in [1.54, 1.807) is 0 Å². The molecule has 53 heavy (non-hydrogen) atoms. The van der Waals surface area contributed by atoms with E-state index in [1.165, 1.54) is 7.11 Å². The molecule has 0 unspecified atom stereocenters. The zero-order chi connectivity index (χ0) is 37.4. The molecule has 2 saturated heterocycles. The Morgan fingerprint density at radius 3 is 1.68 bits per heavy atom. The molecule has 2 aliphatic rings. The highest BCUT2D eigenvalue weighted by molar-refractivity contribution is 5.86. The summed E-state index contributed by atoms with van der Waals surface area (Å²) in [6.07, 6.45) is 3.56. The van der Waals surface area contributed by atoms with E-state index in [4.69, 9.17) is 14.7 Å². The number of aromatic nitrogens is 4. The van der Waals surface area contributed by atoms with Crippen molar-refractivity contribution in [3.63, 3.8) is 0 Å². The van der Waals surface area contributed by atoms with Gasteiger partial charge >= 0.3 is 5.97 Å². The minimum atomic E-state index is -0.497. The summed E-state index contributed by atoms with van der Waals surface area (Å²) in [5.74, 6) is 1.22. The molecule has 2 aromatic heterocycles. The lowest BCUT2D eigenvalue weighted by Crippen LogP contribution is -2.50. The number of benzene rings is 3. The average molecular weight is 717 g/mol. The number of amides is 2. The number of ether oxygens (including phenoxy) is 1. The van der Waals surface area contributed by atoms with Crippen LogP contribution in [0.3, 0.4) is 0 Å². The van der Waals surface area contributed by atoms with Gasteiger partial charge < -0.3 is 24.5 Å². The summed E-state index contributed by atoms with van der Waals surface area (Å²) < 4.78 is 4.77. The molecule has 2 fully saturated rings. The number of likely N-dealkylation sites (tertiary alicyclic amines) is 2. The van der Waals surface area contributed by atoms with E-state index in [-0.39, 0.29) is 48.2 Å². The molecule has 4 heterocycles. The predicted octanol–water partition coefficient (Wildman–Crippen LogP) is 6.99. The Morgan fingerprint density at radius 1 is 0.755 bits per heavy atom. The molecule has 0 spiro atoms. The molecule has 277 valence electrons. The van der Waals surface area contributed by atoms with E-state index < -0.39 is 12.0 Å². The van der Waals surface area contributed by atoms with Crippen molar-refractivity contribution in [1.82, 2.24) is 35.1 Å². The van der Waals surface area contributed by atoms with E-state index in [0.717, 1.165) is 88.2 Å². The number of aromatic amines is 2. The maximum atomic E-state index is 13.7. The third-order valence-corrected chi connectivity index (χ3v) is 11.0. The van der Waals surface area contributed by atoms with Gasteiger partial charge in [-0.25, -0.2) is 9.97 Å². The lowest BCUT2D eigenvalue weighted by atomic mass is 9.96. The molecule has 0 aliphatic carbocycles. The summed E-state index contributed by atoms with van der Waals surface area (Å²) in [7, 11) is 1.34. The van der Waals surface area contributed by atoms with Crippen LogP contribution < -0.4 is 5.32 Å². The number of methoxy groups -OCH3 is 1. The molecule has 3 aromatic carbocycles. The molecule has 11 nitrogen and oxygen atoms in total. The number of rotatable bonds is 11. The molecule has 0 bridgehead atoms. The fraction of sp³-hybridized carbons (Fsp3) is 0.429. The van der Waals surface area contributed by atoms with Crippen molar-refractivity contribution < 1.29 is 19.1 Å². The summed E-state index contributed by atoms with van der Waals surface area (Å²) in [6, 6.07) is 20.3. The number of carbonyl (C=O) groups excluding carboxylic acids is 3. The number of fused-ring (bicyclic) bond motifs is 2. The van der Waals surface area contributed by atoms with Crippen LogP contribution in [-0.4, -0.2) is 80.3 Å². The Kier molecular flexibility index (Phi) is 10.4.